The van der Waals surface area contributed by atoms with Crippen LogP contribution in [0.5, 0.6) is 0 Å². The number of nitrogens with one attached hydrogen (secondary N) is 2. The van der Waals surface area contributed by atoms with Crippen molar-refractivity contribution in [2.75, 3.05) is 6.54 Å². The van der Waals surface area contributed by atoms with Gasteiger partial charge in [-0.25, -0.2) is 5.01 Å². The van der Waals surface area contributed by atoms with Crippen LogP contribution in [0, 0.1) is 0 Å². The van der Waals surface area contributed by atoms with Gasteiger partial charge in [0.2, 0.25) is 18.1 Å². The smallest absolute Gasteiger partial charge is 0.310 e. The van der Waals surface area contributed by atoms with Crippen LogP contribution in [-0.2, 0) is 41.7 Å². The Balaban J connectivity index is 1.24. The highest BCUT2D eigenvalue weighted by atomic mass is 16.7. The van der Waals surface area contributed by atoms with E-state index in [1.165, 1.54) is 5.01 Å². The third-order valence-corrected chi connectivity index (χ3v) is 7.68. The zero-order valence-electron chi connectivity index (χ0n) is 23.0. The first-order chi connectivity index (χ1) is 19.9. The summed E-state index contributed by atoms with van der Waals surface area (Å²) in [6, 6.07) is 16.9. The number of aryl methyl sites for hydroxylation is 1. The lowest BCUT2D eigenvalue weighted by Gasteiger charge is -2.45. The molecule has 3 fully saturated rings. The predicted octanol–water partition coefficient (Wildman–Crippen LogP) is 2.59. The Morgan fingerprint density at radius 3 is 2.41 bits per heavy atom. The highest BCUT2D eigenvalue weighted by Crippen LogP contribution is 2.29. The summed E-state index contributed by atoms with van der Waals surface area (Å²) in [6.45, 7) is 4.93. The lowest BCUT2D eigenvalue weighted by molar-refractivity contribution is -0.170. The molecular weight excluding hydrogens is 524 g/mol. The Morgan fingerprint density at radius 2 is 1.68 bits per heavy atom. The molecule has 10 nitrogen and oxygen atoms in total. The Kier molecular flexibility index (Phi) is 8.98. The molecule has 0 radical (unpaired) electrons. The van der Waals surface area contributed by atoms with Gasteiger partial charge in [-0.15, -0.1) is 0 Å². The van der Waals surface area contributed by atoms with Gasteiger partial charge in [0.1, 0.15) is 18.1 Å². The number of allylic oxidation sites excluding steroid dienone is 1. The maximum atomic E-state index is 13.8. The van der Waals surface area contributed by atoms with Crippen LogP contribution in [0.3, 0.4) is 0 Å². The number of carbonyl (C=O) groups excluding carboxylic acids is 4. The van der Waals surface area contributed by atoms with E-state index >= 15 is 0 Å². The number of hydrazine groups is 1. The second kappa shape index (κ2) is 13.0. The van der Waals surface area contributed by atoms with E-state index in [1.807, 2.05) is 60.7 Å². The lowest BCUT2D eigenvalue weighted by Crippen LogP contribution is -2.63. The van der Waals surface area contributed by atoms with Crippen molar-refractivity contribution in [1.29, 1.82) is 0 Å². The summed E-state index contributed by atoms with van der Waals surface area (Å²) in [5, 5.41) is 9.02. The molecule has 2 N–H and O–H groups in total. The van der Waals surface area contributed by atoms with Crippen LogP contribution in [0.1, 0.15) is 49.7 Å². The number of ether oxygens (including phenoxy) is 2. The van der Waals surface area contributed by atoms with Crippen molar-refractivity contribution in [2.24, 2.45) is 0 Å². The van der Waals surface area contributed by atoms with Crippen LogP contribution in [-0.4, -0.2) is 64.7 Å². The maximum absolute atomic E-state index is 13.8. The van der Waals surface area contributed by atoms with Gasteiger partial charge in [-0.05, 0) is 43.2 Å². The standard InChI is InChI=1S/C31H36N4O6/c1-21-14-16-24(32-27(36)17-15-22-9-4-2-5-10-22)30(39)35-26(13-8-18-34(21)35)29(38)33-25-19-28(37)41-31(25)40-20-23-11-6-3-7-12-23/h2-7,9-12,24-26,31H,1,8,13-20H2,(H,32,36)(H,33,38)/t24-,25-,26-,31?/m0/s1. The van der Waals surface area contributed by atoms with Crippen molar-refractivity contribution in [3.63, 3.8) is 0 Å². The molecule has 3 aliphatic rings. The summed E-state index contributed by atoms with van der Waals surface area (Å²) in [7, 11) is 0. The third kappa shape index (κ3) is 6.94. The van der Waals surface area contributed by atoms with Gasteiger partial charge < -0.3 is 20.1 Å². The summed E-state index contributed by atoms with van der Waals surface area (Å²) >= 11 is 0. The molecular formula is C31H36N4O6. The van der Waals surface area contributed by atoms with E-state index in [9.17, 15) is 19.2 Å². The number of carbonyl (C=O) groups is 4. The van der Waals surface area contributed by atoms with Gasteiger partial charge in [0, 0.05) is 18.7 Å². The van der Waals surface area contributed by atoms with Gasteiger partial charge in [0.05, 0.1) is 13.0 Å². The SMILES string of the molecule is C=C1CC[C@H](NC(=O)CCc2ccccc2)C(=O)N2[C@H](C(=O)N[C@H]3CC(=O)OC3OCc3ccccc3)CCCN12. The van der Waals surface area contributed by atoms with Crippen LogP contribution in [0.15, 0.2) is 72.9 Å². The number of hydrogen-bond acceptors (Lipinski definition) is 7. The minimum atomic E-state index is -0.933. The maximum Gasteiger partial charge on any atom is 0.310 e. The summed E-state index contributed by atoms with van der Waals surface area (Å²) in [5.74, 6) is -1.42. The normalized spacial score (nSPS) is 24.3. The highest BCUT2D eigenvalue weighted by molar-refractivity contribution is 5.92. The molecule has 3 amide bonds. The number of benzene rings is 2. The Bertz CT molecular complexity index is 1270. The van der Waals surface area contributed by atoms with E-state index < -0.39 is 36.3 Å². The predicted molar refractivity (Wildman–Crippen MR) is 149 cm³/mol. The fraction of sp³-hybridized carbons (Fsp3) is 0.419. The molecule has 0 aromatic heterocycles. The number of esters is 1. The third-order valence-electron chi connectivity index (χ3n) is 7.68. The van der Waals surface area contributed by atoms with Gasteiger partial charge in [0.25, 0.3) is 5.91 Å². The zero-order valence-corrected chi connectivity index (χ0v) is 23.0. The zero-order chi connectivity index (χ0) is 28.8. The van der Waals surface area contributed by atoms with Crippen molar-refractivity contribution in [3.8, 4) is 0 Å². The minimum Gasteiger partial charge on any atom is -0.433 e. The van der Waals surface area contributed by atoms with E-state index in [0.29, 0.717) is 38.6 Å². The van der Waals surface area contributed by atoms with Gasteiger partial charge in [-0.1, -0.05) is 67.2 Å². The number of hydrogen-bond donors (Lipinski definition) is 2. The second-order valence-corrected chi connectivity index (χ2v) is 10.6. The molecule has 0 spiro atoms. The van der Waals surface area contributed by atoms with Gasteiger partial charge in [-0.3, -0.25) is 24.2 Å². The first kappa shape index (κ1) is 28.4. The number of rotatable bonds is 9. The quantitative estimate of drug-likeness (QED) is 0.453. The summed E-state index contributed by atoms with van der Waals surface area (Å²) in [5.41, 5.74) is 2.68. The Morgan fingerprint density at radius 1 is 0.976 bits per heavy atom. The molecule has 4 atom stereocenters. The molecule has 3 heterocycles. The van der Waals surface area contributed by atoms with Crippen LogP contribution in [0.4, 0.5) is 0 Å². The number of cyclic esters (lactones) is 1. The molecule has 0 saturated carbocycles. The summed E-state index contributed by atoms with van der Waals surface area (Å²) < 4.78 is 11.2. The molecule has 216 valence electrons. The molecule has 3 aliphatic heterocycles. The van der Waals surface area contributed by atoms with Gasteiger partial charge in [-0.2, -0.15) is 0 Å². The topological polar surface area (TPSA) is 117 Å². The Hall–Kier alpha value is -4.18. The monoisotopic (exact) mass is 560 g/mol. The largest absolute Gasteiger partial charge is 0.433 e. The first-order valence-electron chi connectivity index (χ1n) is 14.2. The molecule has 2 aromatic rings. The molecule has 3 saturated heterocycles. The van der Waals surface area contributed by atoms with E-state index in [2.05, 4.69) is 17.2 Å². The minimum absolute atomic E-state index is 0.0254. The van der Waals surface area contributed by atoms with Crippen molar-refractivity contribution < 1.29 is 28.7 Å². The molecule has 0 bridgehead atoms. The van der Waals surface area contributed by atoms with Gasteiger partial charge in [0.15, 0.2) is 0 Å². The number of nitrogens with zero attached hydrogens (tertiary/aromatic N) is 2. The van der Waals surface area contributed by atoms with Crippen LogP contribution >= 0.6 is 0 Å². The van der Waals surface area contributed by atoms with Crippen molar-refractivity contribution in [3.05, 3.63) is 84.1 Å². The molecule has 10 heteroatoms. The summed E-state index contributed by atoms with van der Waals surface area (Å²) in [6.07, 6.45) is 1.90. The van der Waals surface area contributed by atoms with Crippen LogP contribution in [0.25, 0.3) is 0 Å². The van der Waals surface area contributed by atoms with Crippen molar-refractivity contribution in [1.82, 2.24) is 20.7 Å². The van der Waals surface area contributed by atoms with Crippen LogP contribution < -0.4 is 10.6 Å². The average Bonchev–Trinajstić information content (AvgIpc) is 3.29. The molecule has 41 heavy (non-hydrogen) atoms. The van der Waals surface area contributed by atoms with E-state index in [0.717, 1.165) is 16.8 Å². The number of amides is 3. The average molecular weight is 561 g/mol. The fourth-order valence-electron chi connectivity index (χ4n) is 5.52. The molecule has 5 rings (SSSR count). The molecule has 0 aliphatic carbocycles. The summed E-state index contributed by atoms with van der Waals surface area (Å²) in [4.78, 5) is 52.3. The molecule has 2 aromatic carbocycles. The fourth-order valence-corrected chi connectivity index (χ4v) is 5.52. The number of fused-ring (bicyclic) bond motifs is 1. The van der Waals surface area contributed by atoms with E-state index in [1.54, 1.807) is 5.01 Å². The van der Waals surface area contributed by atoms with Crippen LogP contribution in [0.2, 0.25) is 0 Å². The highest BCUT2D eigenvalue weighted by Gasteiger charge is 2.45. The Labute approximate surface area is 239 Å². The van der Waals surface area contributed by atoms with Crippen molar-refractivity contribution >= 4 is 23.7 Å². The first-order valence-corrected chi connectivity index (χ1v) is 14.2. The second-order valence-electron chi connectivity index (χ2n) is 10.6. The van der Waals surface area contributed by atoms with Gasteiger partial charge >= 0.3 is 5.97 Å². The van der Waals surface area contributed by atoms with E-state index in [-0.39, 0.29) is 31.3 Å². The van der Waals surface area contributed by atoms with Crippen molar-refractivity contribution in [2.45, 2.75) is 76.0 Å². The lowest BCUT2D eigenvalue weighted by atomic mass is 10.0. The van der Waals surface area contributed by atoms with E-state index in [4.69, 9.17) is 9.47 Å². The molecule has 1 unspecified atom stereocenters.